The summed E-state index contributed by atoms with van der Waals surface area (Å²) in [6.07, 6.45) is 0. The number of nitrogens with zero attached hydrogens (tertiary/aromatic N) is 1. The van der Waals surface area contributed by atoms with Crippen LogP contribution in [0.1, 0.15) is 29.5 Å². The van der Waals surface area contributed by atoms with Gasteiger partial charge in [0.05, 0.1) is 0 Å². The maximum absolute atomic E-state index is 13.8. The molecule has 1 N–H and O–H groups in total. The Hall–Kier alpha value is -2.95. The highest BCUT2D eigenvalue weighted by atomic mass is 19.1. The average molecular weight is 366 g/mol. The summed E-state index contributed by atoms with van der Waals surface area (Å²) in [5.41, 5.74) is 3.56. The quantitative estimate of drug-likeness (QED) is 0.832. The Morgan fingerprint density at radius 3 is 2.67 bits per heavy atom. The summed E-state index contributed by atoms with van der Waals surface area (Å²) in [6, 6.07) is 12.3. The fourth-order valence-corrected chi connectivity index (χ4v) is 3.48. The van der Waals surface area contributed by atoms with E-state index in [1.54, 1.807) is 24.9 Å². The number of allylic oxidation sites excluding steroid dienone is 1. The first-order valence-electron chi connectivity index (χ1n) is 8.86. The van der Waals surface area contributed by atoms with Crippen molar-refractivity contribution in [2.45, 2.75) is 19.8 Å². The SMILES string of the molecule is C=C(C)c1cccc([C@@H]2CN(C)C(=O)C2C(=O)Nc2cccc(F)c2C)c1. The van der Waals surface area contributed by atoms with Crippen LogP contribution in [0.15, 0.2) is 49.0 Å². The topological polar surface area (TPSA) is 49.4 Å². The highest BCUT2D eigenvalue weighted by Gasteiger charge is 2.44. The van der Waals surface area contributed by atoms with Crippen LogP contribution in [0, 0.1) is 18.7 Å². The summed E-state index contributed by atoms with van der Waals surface area (Å²) < 4.78 is 13.8. The van der Waals surface area contributed by atoms with Crippen molar-refractivity contribution in [3.8, 4) is 0 Å². The summed E-state index contributed by atoms with van der Waals surface area (Å²) in [4.78, 5) is 27.2. The Morgan fingerprint density at radius 1 is 1.26 bits per heavy atom. The van der Waals surface area contributed by atoms with Crippen molar-refractivity contribution in [1.29, 1.82) is 0 Å². The van der Waals surface area contributed by atoms with E-state index in [-0.39, 0.29) is 11.8 Å². The molecule has 5 heteroatoms. The largest absolute Gasteiger partial charge is 0.344 e. The third-order valence-corrected chi connectivity index (χ3v) is 5.13. The lowest BCUT2D eigenvalue weighted by Gasteiger charge is -2.18. The van der Waals surface area contributed by atoms with Crippen LogP contribution in [-0.2, 0) is 9.59 Å². The van der Waals surface area contributed by atoms with Crippen LogP contribution in [0.3, 0.4) is 0 Å². The van der Waals surface area contributed by atoms with E-state index in [0.717, 1.165) is 16.7 Å². The van der Waals surface area contributed by atoms with Crippen molar-refractivity contribution in [2.75, 3.05) is 18.9 Å². The molecule has 1 heterocycles. The first-order valence-corrected chi connectivity index (χ1v) is 8.86. The van der Waals surface area contributed by atoms with Gasteiger partial charge in [-0.2, -0.15) is 0 Å². The maximum Gasteiger partial charge on any atom is 0.237 e. The molecule has 3 rings (SSSR count). The number of rotatable bonds is 4. The van der Waals surface area contributed by atoms with Gasteiger partial charge in [-0.15, -0.1) is 0 Å². The summed E-state index contributed by atoms with van der Waals surface area (Å²) >= 11 is 0. The first kappa shape index (κ1) is 18.8. The van der Waals surface area contributed by atoms with Gasteiger partial charge in [0.15, 0.2) is 0 Å². The van der Waals surface area contributed by atoms with E-state index in [0.29, 0.717) is 17.8 Å². The molecule has 0 aliphatic carbocycles. The second kappa shape index (κ2) is 7.35. The van der Waals surface area contributed by atoms with Gasteiger partial charge in [-0.05, 0) is 37.1 Å². The van der Waals surface area contributed by atoms with Crippen molar-refractivity contribution in [3.05, 3.63) is 71.6 Å². The van der Waals surface area contributed by atoms with Gasteiger partial charge in [0.2, 0.25) is 11.8 Å². The number of anilines is 1. The van der Waals surface area contributed by atoms with E-state index in [2.05, 4.69) is 11.9 Å². The molecule has 1 saturated heterocycles. The molecule has 0 radical (unpaired) electrons. The number of hydrogen-bond donors (Lipinski definition) is 1. The molecule has 27 heavy (non-hydrogen) atoms. The number of nitrogens with one attached hydrogen (secondary N) is 1. The van der Waals surface area contributed by atoms with Crippen molar-refractivity contribution in [1.82, 2.24) is 4.90 Å². The third-order valence-electron chi connectivity index (χ3n) is 5.13. The van der Waals surface area contributed by atoms with Crippen molar-refractivity contribution < 1.29 is 14.0 Å². The van der Waals surface area contributed by atoms with Crippen LogP contribution in [0.25, 0.3) is 5.57 Å². The number of likely N-dealkylation sites (tertiary alicyclic amines) is 1. The molecule has 1 aliphatic rings. The van der Waals surface area contributed by atoms with Crippen LogP contribution >= 0.6 is 0 Å². The van der Waals surface area contributed by atoms with Gasteiger partial charge in [0.1, 0.15) is 11.7 Å². The minimum atomic E-state index is -0.849. The van der Waals surface area contributed by atoms with Gasteiger partial charge in [0, 0.05) is 30.8 Å². The summed E-state index contributed by atoms with van der Waals surface area (Å²) in [5.74, 6) is -2.15. The molecule has 4 nitrogen and oxygen atoms in total. The number of benzene rings is 2. The van der Waals surface area contributed by atoms with Crippen molar-refractivity contribution in [2.24, 2.45) is 5.92 Å². The molecule has 2 atom stereocenters. The lowest BCUT2D eigenvalue weighted by atomic mass is 9.86. The molecule has 140 valence electrons. The highest BCUT2D eigenvalue weighted by molar-refractivity contribution is 6.08. The maximum atomic E-state index is 13.8. The van der Waals surface area contributed by atoms with E-state index < -0.39 is 17.6 Å². The third kappa shape index (κ3) is 3.63. The van der Waals surface area contributed by atoms with Gasteiger partial charge < -0.3 is 10.2 Å². The highest BCUT2D eigenvalue weighted by Crippen LogP contribution is 2.35. The van der Waals surface area contributed by atoms with Crippen LogP contribution in [0.2, 0.25) is 0 Å². The molecule has 0 bridgehead atoms. The van der Waals surface area contributed by atoms with Gasteiger partial charge >= 0.3 is 0 Å². The van der Waals surface area contributed by atoms with Crippen molar-refractivity contribution in [3.63, 3.8) is 0 Å². The number of halogens is 1. The number of likely N-dealkylation sites (N-methyl/N-ethyl adjacent to an activating group) is 1. The second-order valence-corrected chi connectivity index (χ2v) is 7.11. The normalized spacial score (nSPS) is 19.3. The van der Waals surface area contributed by atoms with E-state index in [9.17, 15) is 14.0 Å². The van der Waals surface area contributed by atoms with Gasteiger partial charge in [-0.3, -0.25) is 9.59 Å². The number of amides is 2. The Morgan fingerprint density at radius 2 is 1.96 bits per heavy atom. The van der Waals surface area contributed by atoms with Crippen LogP contribution in [-0.4, -0.2) is 30.3 Å². The van der Waals surface area contributed by atoms with E-state index in [4.69, 9.17) is 0 Å². The van der Waals surface area contributed by atoms with Gasteiger partial charge in [0.25, 0.3) is 0 Å². The molecular weight excluding hydrogens is 343 g/mol. The molecule has 0 spiro atoms. The van der Waals surface area contributed by atoms with Gasteiger partial charge in [-0.25, -0.2) is 4.39 Å². The lowest BCUT2D eigenvalue weighted by Crippen LogP contribution is -2.33. The zero-order valence-corrected chi connectivity index (χ0v) is 15.8. The fourth-order valence-electron chi connectivity index (χ4n) is 3.48. The van der Waals surface area contributed by atoms with Gasteiger partial charge in [-0.1, -0.05) is 42.5 Å². The zero-order chi connectivity index (χ0) is 19.7. The Kier molecular flexibility index (Phi) is 5.13. The second-order valence-electron chi connectivity index (χ2n) is 7.11. The predicted molar refractivity (Wildman–Crippen MR) is 105 cm³/mol. The molecular formula is C22H23FN2O2. The Balaban J connectivity index is 1.92. The smallest absolute Gasteiger partial charge is 0.237 e. The van der Waals surface area contributed by atoms with E-state index in [1.807, 2.05) is 31.2 Å². The van der Waals surface area contributed by atoms with Crippen LogP contribution in [0.5, 0.6) is 0 Å². The molecule has 2 amide bonds. The number of carbonyl (C=O) groups excluding carboxylic acids is 2. The van der Waals surface area contributed by atoms with Crippen molar-refractivity contribution >= 4 is 23.1 Å². The molecule has 2 aromatic carbocycles. The molecule has 0 saturated carbocycles. The summed E-state index contributed by atoms with van der Waals surface area (Å²) in [7, 11) is 1.69. The predicted octanol–water partition coefficient (Wildman–Crippen LogP) is 3.98. The Labute approximate surface area is 158 Å². The first-order chi connectivity index (χ1) is 12.8. The molecule has 1 fully saturated rings. The van der Waals surface area contributed by atoms with Crippen LogP contribution in [0.4, 0.5) is 10.1 Å². The average Bonchev–Trinajstić information content (AvgIpc) is 2.94. The van der Waals surface area contributed by atoms with Crippen LogP contribution < -0.4 is 5.32 Å². The minimum Gasteiger partial charge on any atom is -0.344 e. The Bertz CT molecular complexity index is 922. The monoisotopic (exact) mass is 366 g/mol. The molecule has 1 aliphatic heterocycles. The lowest BCUT2D eigenvalue weighted by molar-refractivity contribution is -0.135. The minimum absolute atomic E-state index is 0.229. The standard InChI is InChI=1S/C22H23FN2O2/c1-13(2)15-7-5-8-16(11-15)17-12-25(4)22(27)20(17)21(26)24-19-10-6-9-18(23)14(19)3/h5-11,17,20H,1,12H2,2-4H3,(H,24,26)/t17-,20?/m0/s1. The number of carbonyl (C=O) groups is 2. The van der Waals surface area contributed by atoms with E-state index in [1.165, 1.54) is 12.1 Å². The molecule has 2 aromatic rings. The molecule has 0 aromatic heterocycles. The number of hydrogen-bond acceptors (Lipinski definition) is 2. The summed E-state index contributed by atoms with van der Waals surface area (Å²) in [5, 5.41) is 2.74. The zero-order valence-electron chi connectivity index (χ0n) is 15.8. The van der Waals surface area contributed by atoms with E-state index >= 15 is 0 Å². The molecule has 1 unspecified atom stereocenters. The summed E-state index contributed by atoms with van der Waals surface area (Å²) in [6.45, 7) is 7.93. The fraction of sp³-hybridized carbons (Fsp3) is 0.273.